The van der Waals surface area contributed by atoms with Crippen LogP contribution in [0.2, 0.25) is 5.15 Å². The van der Waals surface area contributed by atoms with E-state index in [4.69, 9.17) is 27.2 Å². The second kappa shape index (κ2) is 10.5. The zero-order chi connectivity index (χ0) is 26.9. The summed E-state index contributed by atoms with van der Waals surface area (Å²) in [4.78, 5) is 43.1. The van der Waals surface area contributed by atoms with Crippen molar-refractivity contribution in [2.45, 2.75) is 26.5 Å². The minimum atomic E-state index is -1.07. The molecule has 2 amide bonds. The number of methoxy groups -OCH3 is 1. The molecule has 0 fully saturated rings. The molecule has 0 aliphatic carbocycles. The fourth-order valence-electron chi connectivity index (χ4n) is 4.03. The van der Waals surface area contributed by atoms with E-state index < -0.39 is 24.5 Å². The molecular formula is C24H26ClN7O5. The topological polar surface area (TPSA) is 180 Å². The van der Waals surface area contributed by atoms with Crippen LogP contribution in [0.5, 0.6) is 5.75 Å². The first-order chi connectivity index (χ1) is 17.6. The van der Waals surface area contributed by atoms with Crippen molar-refractivity contribution in [2.75, 3.05) is 30.9 Å². The third-order valence-corrected chi connectivity index (χ3v) is 6.17. The lowest BCUT2D eigenvalue weighted by atomic mass is 10.1. The van der Waals surface area contributed by atoms with Gasteiger partial charge in [-0.25, -0.2) is 4.98 Å². The molecular weight excluding hydrogens is 502 g/mol. The number of nitrogens with one attached hydrogen (secondary N) is 2. The fourth-order valence-corrected chi connectivity index (χ4v) is 4.31. The lowest BCUT2D eigenvalue weighted by Gasteiger charge is -2.19. The number of amides is 2. The summed E-state index contributed by atoms with van der Waals surface area (Å²) in [5.74, 6) is -0.0205. The minimum absolute atomic E-state index is 0.0123. The molecule has 3 aromatic rings. The maximum absolute atomic E-state index is 13.6. The van der Waals surface area contributed by atoms with Gasteiger partial charge in [-0.3, -0.25) is 19.5 Å². The van der Waals surface area contributed by atoms with Crippen LogP contribution < -0.4 is 20.7 Å². The van der Waals surface area contributed by atoms with E-state index in [1.54, 1.807) is 19.4 Å². The normalized spacial score (nSPS) is 14.7. The molecule has 0 spiro atoms. The Morgan fingerprint density at radius 2 is 2.14 bits per heavy atom. The predicted octanol–water partition coefficient (Wildman–Crippen LogP) is 1.23. The molecule has 194 valence electrons. The molecule has 37 heavy (non-hydrogen) atoms. The number of H-pyrrole nitrogens is 1. The zero-order valence-corrected chi connectivity index (χ0v) is 21.1. The molecule has 0 saturated heterocycles. The Bertz CT molecular complexity index is 1400. The maximum Gasteiger partial charge on any atom is 0.260 e. The highest BCUT2D eigenvalue weighted by Crippen LogP contribution is 2.41. The highest BCUT2D eigenvalue weighted by Gasteiger charge is 2.37. The van der Waals surface area contributed by atoms with Gasteiger partial charge < -0.3 is 31.0 Å². The van der Waals surface area contributed by atoms with Crippen LogP contribution in [0.15, 0.2) is 18.5 Å². The van der Waals surface area contributed by atoms with Crippen molar-refractivity contribution in [1.29, 1.82) is 0 Å². The maximum atomic E-state index is 13.6. The van der Waals surface area contributed by atoms with E-state index in [1.807, 2.05) is 13.8 Å². The number of halogens is 1. The first kappa shape index (κ1) is 26.1. The number of aromatic amines is 1. The smallest absolute Gasteiger partial charge is 0.260 e. The standard InChI is InChI=1S/C24H26ClN7O5/c1-11-6-28-17(12(2)19(11)37-3)9-32-21-18(20(25)30-24(26)31-21)16(23(32)36)5-14-4-13(7-27-14)22(35)29-8-15(34)10-33/h4-7,15,27,33-34H,8-10H2,1-3H3,(H,29,35)(H2,26,30,31)/t15-/m0/s1. The molecule has 1 atom stereocenters. The molecule has 1 aliphatic heterocycles. The third kappa shape index (κ3) is 5.12. The van der Waals surface area contributed by atoms with Crippen LogP contribution in [-0.4, -0.2) is 68.3 Å². The van der Waals surface area contributed by atoms with Gasteiger partial charge in [-0.1, -0.05) is 11.6 Å². The van der Waals surface area contributed by atoms with Crippen LogP contribution >= 0.6 is 11.6 Å². The molecule has 0 unspecified atom stereocenters. The molecule has 4 heterocycles. The molecule has 13 heteroatoms. The van der Waals surface area contributed by atoms with Crippen molar-refractivity contribution in [3.8, 4) is 5.75 Å². The molecule has 0 bridgehead atoms. The molecule has 0 radical (unpaired) electrons. The van der Waals surface area contributed by atoms with Crippen molar-refractivity contribution in [3.63, 3.8) is 0 Å². The Hall–Kier alpha value is -4.00. The summed E-state index contributed by atoms with van der Waals surface area (Å²) < 4.78 is 5.49. The van der Waals surface area contributed by atoms with Crippen LogP contribution in [-0.2, 0) is 11.3 Å². The molecule has 12 nitrogen and oxygen atoms in total. The average molecular weight is 528 g/mol. The summed E-state index contributed by atoms with van der Waals surface area (Å²) in [6.45, 7) is 3.25. The van der Waals surface area contributed by atoms with Crippen LogP contribution in [0.3, 0.4) is 0 Å². The first-order valence-corrected chi connectivity index (χ1v) is 11.6. The van der Waals surface area contributed by atoms with Gasteiger partial charge in [-0.15, -0.1) is 0 Å². The van der Waals surface area contributed by atoms with Gasteiger partial charge in [0.2, 0.25) is 5.95 Å². The second-order valence-electron chi connectivity index (χ2n) is 8.46. The molecule has 4 rings (SSSR count). The number of fused-ring (bicyclic) bond motifs is 1. The Kier molecular flexibility index (Phi) is 7.43. The highest BCUT2D eigenvalue weighted by molar-refractivity contribution is 6.41. The Morgan fingerprint density at radius 3 is 2.84 bits per heavy atom. The quantitative estimate of drug-likeness (QED) is 0.213. The number of hydrogen-bond acceptors (Lipinski definition) is 9. The van der Waals surface area contributed by atoms with Crippen molar-refractivity contribution >= 4 is 46.8 Å². The fraction of sp³-hybridized carbons (Fsp3) is 0.292. The summed E-state index contributed by atoms with van der Waals surface area (Å²) in [7, 11) is 1.57. The number of nitrogens with zero attached hydrogens (tertiary/aromatic N) is 4. The van der Waals surface area contributed by atoms with E-state index in [9.17, 15) is 14.7 Å². The average Bonchev–Trinajstić information content (AvgIpc) is 3.43. The number of aliphatic hydroxyl groups excluding tert-OH is 2. The van der Waals surface area contributed by atoms with Crippen molar-refractivity contribution < 1.29 is 24.5 Å². The number of aromatic nitrogens is 4. The Labute approximate surface area is 217 Å². The number of aryl methyl sites for hydroxylation is 1. The van der Waals surface area contributed by atoms with Crippen LogP contribution in [0.4, 0.5) is 11.8 Å². The predicted molar refractivity (Wildman–Crippen MR) is 137 cm³/mol. The monoisotopic (exact) mass is 527 g/mol. The number of carbonyl (C=O) groups is 2. The van der Waals surface area contributed by atoms with Crippen molar-refractivity contribution in [2.24, 2.45) is 0 Å². The number of carbonyl (C=O) groups excluding carboxylic acids is 2. The number of nitrogen functional groups attached to an aromatic ring is 1. The summed E-state index contributed by atoms with van der Waals surface area (Å²) >= 11 is 6.40. The molecule has 3 aromatic heterocycles. The lowest BCUT2D eigenvalue weighted by molar-refractivity contribution is -0.113. The van der Waals surface area contributed by atoms with Gasteiger partial charge in [-0.05, 0) is 26.0 Å². The van der Waals surface area contributed by atoms with Crippen LogP contribution in [0.25, 0.3) is 11.6 Å². The lowest BCUT2D eigenvalue weighted by Crippen LogP contribution is -2.33. The van der Waals surface area contributed by atoms with E-state index in [-0.39, 0.29) is 41.1 Å². The van der Waals surface area contributed by atoms with Crippen LogP contribution in [0, 0.1) is 13.8 Å². The molecule has 1 aliphatic rings. The van der Waals surface area contributed by atoms with E-state index in [0.29, 0.717) is 22.7 Å². The number of hydrogen-bond donors (Lipinski definition) is 5. The first-order valence-electron chi connectivity index (χ1n) is 11.3. The third-order valence-electron chi connectivity index (χ3n) is 5.90. The van der Waals surface area contributed by atoms with E-state index in [0.717, 1.165) is 11.1 Å². The summed E-state index contributed by atoms with van der Waals surface area (Å²) in [5.41, 5.74) is 9.34. The van der Waals surface area contributed by atoms with Gasteiger partial charge in [0.1, 0.15) is 10.9 Å². The highest BCUT2D eigenvalue weighted by atomic mass is 35.5. The molecule has 6 N–H and O–H groups in total. The van der Waals surface area contributed by atoms with Gasteiger partial charge >= 0.3 is 0 Å². The van der Waals surface area contributed by atoms with E-state index >= 15 is 0 Å². The summed E-state index contributed by atoms with van der Waals surface area (Å²) in [5, 5.41) is 20.9. The van der Waals surface area contributed by atoms with Gasteiger partial charge in [-0.2, -0.15) is 4.98 Å². The van der Waals surface area contributed by atoms with Crippen molar-refractivity contribution in [3.05, 3.63) is 57.3 Å². The largest absolute Gasteiger partial charge is 0.496 e. The Morgan fingerprint density at radius 1 is 1.38 bits per heavy atom. The van der Waals surface area contributed by atoms with Gasteiger partial charge in [0.05, 0.1) is 48.8 Å². The van der Waals surface area contributed by atoms with Gasteiger partial charge in [0, 0.05) is 35.8 Å². The minimum Gasteiger partial charge on any atom is -0.496 e. The van der Waals surface area contributed by atoms with E-state index in [2.05, 4.69) is 25.3 Å². The molecule has 0 aromatic carbocycles. The zero-order valence-electron chi connectivity index (χ0n) is 20.4. The SMILES string of the molecule is COc1c(C)cnc(CN2C(=O)C(=Cc3cc(C(=O)NC[C@H](O)CO)c[nH]3)c3c(Cl)nc(N)nc32)c1C. The number of anilines is 2. The second-order valence-corrected chi connectivity index (χ2v) is 8.81. The molecule has 0 saturated carbocycles. The van der Waals surface area contributed by atoms with Crippen LogP contribution in [0.1, 0.15) is 38.4 Å². The Balaban J connectivity index is 1.69. The number of ether oxygens (including phenoxy) is 1. The number of nitrogens with two attached hydrogens (primary N) is 1. The van der Waals surface area contributed by atoms with E-state index in [1.165, 1.54) is 17.2 Å². The van der Waals surface area contributed by atoms with Crippen molar-refractivity contribution in [1.82, 2.24) is 25.3 Å². The van der Waals surface area contributed by atoms with Gasteiger partial charge in [0.15, 0.2) is 5.82 Å². The number of pyridine rings is 1. The van der Waals surface area contributed by atoms with Gasteiger partial charge in [0.25, 0.3) is 11.8 Å². The summed E-state index contributed by atoms with van der Waals surface area (Å²) in [6.07, 6.45) is 3.61. The number of rotatable bonds is 8. The number of aliphatic hydroxyl groups is 2. The summed E-state index contributed by atoms with van der Waals surface area (Å²) in [6, 6.07) is 1.53.